The highest BCUT2D eigenvalue weighted by molar-refractivity contribution is 5.95. The maximum Gasteiger partial charge on any atom is 0.327 e. The molecular weight excluding hydrogens is 338 g/mol. The van der Waals surface area contributed by atoms with Crippen LogP contribution in [0.15, 0.2) is 18.2 Å². The minimum Gasteiger partial charge on any atom is -0.465 e. The topological polar surface area (TPSA) is 91.7 Å². The molecule has 3 heterocycles. The summed E-state index contributed by atoms with van der Waals surface area (Å²) in [6, 6.07) is 5.68. The molecule has 0 bridgehead atoms. The first-order valence-corrected chi connectivity index (χ1v) is 8.49. The number of nitrogens with one attached hydrogen (secondary N) is 1. The van der Waals surface area contributed by atoms with Crippen LogP contribution >= 0.6 is 0 Å². The molecule has 1 aromatic heterocycles. The van der Waals surface area contributed by atoms with Gasteiger partial charge < -0.3 is 19.5 Å². The Hall–Kier alpha value is -3.03. The second-order valence-electron chi connectivity index (χ2n) is 6.23. The lowest BCUT2D eigenvalue weighted by Crippen LogP contribution is -2.26. The Kier molecular flexibility index (Phi) is 4.02. The van der Waals surface area contributed by atoms with Gasteiger partial charge in [0, 0.05) is 17.9 Å². The van der Waals surface area contributed by atoms with Gasteiger partial charge in [0.2, 0.25) is 12.7 Å². The Labute approximate surface area is 150 Å². The van der Waals surface area contributed by atoms with Gasteiger partial charge in [-0.2, -0.15) is 5.10 Å². The van der Waals surface area contributed by atoms with Crippen molar-refractivity contribution in [2.24, 2.45) is 0 Å². The molecule has 1 atom stereocenters. The number of benzene rings is 1. The third-order valence-corrected chi connectivity index (χ3v) is 4.55. The van der Waals surface area contributed by atoms with E-state index in [1.165, 1.54) is 4.68 Å². The summed E-state index contributed by atoms with van der Waals surface area (Å²) < 4.78 is 17.3. The molecule has 8 heteroatoms. The molecule has 1 aromatic carbocycles. The number of esters is 1. The first kappa shape index (κ1) is 16.4. The van der Waals surface area contributed by atoms with Crippen molar-refractivity contribution in [1.29, 1.82) is 0 Å². The summed E-state index contributed by atoms with van der Waals surface area (Å²) in [5.41, 5.74) is 2.63. The van der Waals surface area contributed by atoms with Crippen molar-refractivity contribution in [3.05, 3.63) is 35.0 Å². The molecule has 1 N–H and O–H groups in total. The minimum absolute atomic E-state index is 0.0435. The van der Waals surface area contributed by atoms with Crippen molar-refractivity contribution in [2.45, 2.75) is 32.7 Å². The van der Waals surface area contributed by atoms with Crippen molar-refractivity contribution in [3.8, 4) is 11.5 Å². The van der Waals surface area contributed by atoms with Gasteiger partial charge in [-0.25, -0.2) is 4.68 Å². The van der Waals surface area contributed by atoms with E-state index in [2.05, 4.69) is 10.4 Å². The minimum atomic E-state index is -0.391. The summed E-state index contributed by atoms with van der Waals surface area (Å²) in [5, 5.41) is 7.29. The Balaban J connectivity index is 1.73. The van der Waals surface area contributed by atoms with Crippen molar-refractivity contribution in [1.82, 2.24) is 9.78 Å². The molecule has 0 aliphatic carbocycles. The van der Waals surface area contributed by atoms with Crippen LogP contribution in [0.5, 0.6) is 11.5 Å². The number of fused-ring (bicyclic) bond motifs is 2. The molecule has 136 valence electrons. The second kappa shape index (κ2) is 6.36. The predicted molar refractivity (Wildman–Crippen MR) is 91.3 cm³/mol. The van der Waals surface area contributed by atoms with Gasteiger partial charge in [-0.15, -0.1) is 0 Å². The summed E-state index contributed by atoms with van der Waals surface area (Å²) >= 11 is 0. The highest BCUT2D eigenvalue weighted by atomic mass is 16.7. The average Bonchev–Trinajstić information content (AvgIpc) is 3.19. The van der Waals surface area contributed by atoms with E-state index in [4.69, 9.17) is 14.2 Å². The SMILES string of the molecule is CCOC(=O)Cn1nc(C)c2c1NC(=O)C[C@@H]2c1ccc2c(c1)OCO2. The lowest BCUT2D eigenvalue weighted by molar-refractivity contribution is -0.144. The number of amides is 1. The Bertz CT molecular complexity index is 889. The summed E-state index contributed by atoms with van der Waals surface area (Å²) in [5.74, 6) is 1.25. The van der Waals surface area contributed by atoms with E-state index in [0.717, 1.165) is 16.8 Å². The number of carbonyl (C=O) groups excluding carboxylic acids is 2. The largest absolute Gasteiger partial charge is 0.465 e. The van der Waals surface area contributed by atoms with Crippen LogP contribution in [0.2, 0.25) is 0 Å². The highest BCUT2D eigenvalue weighted by Crippen LogP contribution is 2.42. The zero-order valence-corrected chi connectivity index (χ0v) is 14.6. The zero-order chi connectivity index (χ0) is 18.3. The summed E-state index contributed by atoms with van der Waals surface area (Å²) in [4.78, 5) is 24.1. The van der Waals surface area contributed by atoms with Gasteiger partial charge in [-0.1, -0.05) is 6.07 Å². The number of rotatable bonds is 4. The molecule has 0 radical (unpaired) electrons. The van der Waals surface area contributed by atoms with Crippen LogP contribution in [-0.2, 0) is 20.9 Å². The van der Waals surface area contributed by atoms with E-state index in [1.54, 1.807) is 6.92 Å². The predicted octanol–water partition coefficient (Wildman–Crippen LogP) is 1.96. The molecule has 26 heavy (non-hydrogen) atoms. The Morgan fingerprint density at radius 3 is 3.00 bits per heavy atom. The van der Waals surface area contributed by atoms with Gasteiger partial charge >= 0.3 is 5.97 Å². The number of aromatic nitrogens is 2. The third-order valence-electron chi connectivity index (χ3n) is 4.55. The molecule has 0 fully saturated rings. The van der Waals surface area contributed by atoms with Crippen molar-refractivity contribution >= 4 is 17.7 Å². The molecule has 2 aliphatic rings. The Morgan fingerprint density at radius 2 is 2.19 bits per heavy atom. The maximum atomic E-state index is 12.3. The first-order valence-electron chi connectivity index (χ1n) is 8.49. The van der Waals surface area contributed by atoms with Gasteiger partial charge in [0.05, 0.1) is 12.3 Å². The lowest BCUT2D eigenvalue weighted by Gasteiger charge is -2.24. The van der Waals surface area contributed by atoms with Crippen LogP contribution in [0.4, 0.5) is 5.82 Å². The number of anilines is 1. The fourth-order valence-electron chi connectivity index (χ4n) is 3.47. The number of hydrogen-bond donors (Lipinski definition) is 1. The molecule has 0 unspecified atom stereocenters. The third kappa shape index (κ3) is 2.77. The molecule has 0 saturated heterocycles. The number of hydrogen-bond acceptors (Lipinski definition) is 6. The fourth-order valence-corrected chi connectivity index (χ4v) is 3.47. The van der Waals surface area contributed by atoms with Crippen LogP contribution in [0.1, 0.15) is 36.1 Å². The van der Waals surface area contributed by atoms with Gasteiger partial charge in [-0.05, 0) is 31.5 Å². The summed E-state index contributed by atoms with van der Waals surface area (Å²) in [7, 11) is 0. The normalized spacial score (nSPS) is 17.6. The van der Waals surface area contributed by atoms with E-state index in [9.17, 15) is 9.59 Å². The Morgan fingerprint density at radius 1 is 1.38 bits per heavy atom. The number of ether oxygens (including phenoxy) is 3. The van der Waals surface area contributed by atoms with Gasteiger partial charge in [-0.3, -0.25) is 9.59 Å². The maximum absolute atomic E-state index is 12.3. The molecular formula is C18H19N3O5. The standard InChI is InChI=1S/C18H19N3O5/c1-3-24-16(23)8-21-18-17(10(2)20-21)12(7-15(22)19-18)11-4-5-13-14(6-11)26-9-25-13/h4-6,12H,3,7-9H2,1-2H3,(H,19,22)/t12-/m1/s1. The molecule has 0 spiro atoms. The smallest absolute Gasteiger partial charge is 0.327 e. The molecule has 4 rings (SSSR count). The zero-order valence-electron chi connectivity index (χ0n) is 14.6. The van der Waals surface area contributed by atoms with Gasteiger partial charge in [0.1, 0.15) is 12.4 Å². The van der Waals surface area contributed by atoms with E-state index in [1.807, 2.05) is 25.1 Å². The van der Waals surface area contributed by atoms with Crippen molar-refractivity contribution in [2.75, 3.05) is 18.7 Å². The highest BCUT2D eigenvalue weighted by Gasteiger charge is 2.33. The number of carbonyl (C=O) groups is 2. The van der Waals surface area contributed by atoms with Crippen molar-refractivity contribution < 1.29 is 23.8 Å². The number of aryl methyl sites for hydroxylation is 1. The average molecular weight is 357 g/mol. The van der Waals surface area contributed by atoms with E-state index < -0.39 is 5.97 Å². The van der Waals surface area contributed by atoms with Crippen LogP contribution in [-0.4, -0.2) is 35.1 Å². The van der Waals surface area contributed by atoms with Crippen LogP contribution in [0.25, 0.3) is 0 Å². The van der Waals surface area contributed by atoms with Gasteiger partial charge in [0.15, 0.2) is 11.5 Å². The fraction of sp³-hybridized carbons (Fsp3) is 0.389. The molecule has 8 nitrogen and oxygen atoms in total. The molecule has 1 amide bonds. The first-order chi connectivity index (χ1) is 12.6. The van der Waals surface area contributed by atoms with E-state index in [0.29, 0.717) is 30.3 Å². The van der Waals surface area contributed by atoms with Crippen LogP contribution in [0.3, 0.4) is 0 Å². The second-order valence-corrected chi connectivity index (χ2v) is 6.23. The van der Waals surface area contributed by atoms with Gasteiger partial charge in [0.25, 0.3) is 0 Å². The van der Waals surface area contributed by atoms with Crippen LogP contribution < -0.4 is 14.8 Å². The lowest BCUT2D eigenvalue weighted by atomic mass is 9.85. The summed E-state index contributed by atoms with van der Waals surface area (Å²) in [6.45, 7) is 4.08. The molecule has 2 aromatic rings. The van der Waals surface area contributed by atoms with E-state index in [-0.39, 0.29) is 25.2 Å². The van der Waals surface area contributed by atoms with Crippen molar-refractivity contribution in [3.63, 3.8) is 0 Å². The monoisotopic (exact) mass is 357 g/mol. The quantitative estimate of drug-likeness (QED) is 0.841. The van der Waals surface area contributed by atoms with Crippen LogP contribution in [0, 0.1) is 6.92 Å². The number of nitrogens with zero attached hydrogens (tertiary/aromatic N) is 2. The molecule has 0 saturated carbocycles. The van der Waals surface area contributed by atoms with E-state index >= 15 is 0 Å². The molecule has 2 aliphatic heterocycles. The summed E-state index contributed by atoms with van der Waals surface area (Å²) in [6.07, 6.45) is 0.304.